The normalized spacial score (nSPS) is 13.3. The molecule has 0 amide bonds. The highest BCUT2D eigenvalue weighted by molar-refractivity contribution is 4.76. The van der Waals surface area contributed by atoms with E-state index in [0.717, 1.165) is 32.8 Å². The Hall–Kier alpha value is -0.380. The van der Waals surface area contributed by atoms with Crippen LogP contribution in [0.3, 0.4) is 0 Å². The van der Waals surface area contributed by atoms with Crippen molar-refractivity contribution in [2.75, 3.05) is 40.5 Å². The lowest BCUT2D eigenvalue weighted by Gasteiger charge is -2.21. The Morgan fingerprint density at radius 3 is 2.36 bits per heavy atom. The molecule has 0 aliphatic heterocycles. The quantitative estimate of drug-likeness (QED) is 0.305. The first-order valence-corrected chi connectivity index (χ1v) is 9.15. The van der Waals surface area contributed by atoms with Crippen LogP contribution in [0.1, 0.15) is 65.2 Å². The van der Waals surface area contributed by atoms with Crippen molar-refractivity contribution < 1.29 is 9.47 Å². The van der Waals surface area contributed by atoms with E-state index in [2.05, 4.69) is 45.0 Å². The zero-order chi connectivity index (χ0) is 16.5. The van der Waals surface area contributed by atoms with Crippen LogP contribution < -0.4 is 0 Å². The number of unbranched alkanes of at least 4 members (excludes halogenated alkanes) is 6. The van der Waals surface area contributed by atoms with Crippen LogP contribution >= 0.6 is 0 Å². The molecule has 0 spiro atoms. The number of rotatable bonds is 16. The van der Waals surface area contributed by atoms with Crippen molar-refractivity contribution in [3.8, 4) is 0 Å². The van der Waals surface area contributed by atoms with E-state index in [1.54, 1.807) is 0 Å². The van der Waals surface area contributed by atoms with Gasteiger partial charge in [0.2, 0.25) is 0 Å². The predicted molar refractivity (Wildman–Crippen MR) is 96.5 cm³/mol. The van der Waals surface area contributed by atoms with Crippen LogP contribution in [0.25, 0.3) is 0 Å². The summed E-state index contributed by atoms with van der Waals surface area (Å²) in [6, 6.07) is 0. The van der Waals surface area contributed by atoms with Crippen LogP contribution in [0.2, 0.25) is 0 Å². The maximum Gasteiger partial charge on any atom is 0.0934 e. The molecule has 1 atom stereocenters. The van der Waals surface area contributed by atoms with Gasteiger partial charge in [0.25, 0.3) is 0 Å². The number of hydrogen-bond donors (Lipinski definition) is 0. The summed E-state index contributed by atoms with van der Waals surface area (Å²) in [6.45, 7) is 7.71. The Morgan fingerprint density at radius 1 is 0.955 bits per heavy atom. The van der Waals surface area contributed by atoms with Gasteiger partial charge in [0.1, 0.15) is 0 Å². The Labute approximate surface area is 139 Å². The molecule has 3 nitrogen and oxygen atoms in total. The van der Waals surface area contributed by atoms with Gasteiger partial charge >= 0.3 is 0 Å². The summed E-state index contributed by atoms with van der Waals surface area (Å²) in [7, 11) is 4.18. The average molecular weight is 314 g/mol. The van der Waals surface area contributed by atoms with Crippen molar-refractivity contribution in [2.45, 2.75) is 71.3 Å². The number of ether oxygens (including phenoxy) is 2. The van der Waals surface area contributed by atoms with E-state index >= 15 is 0 Å². The SMILES string of the molecule is CC=CCCCCCOC(COCCCCCC)CN(C)C. The molecule has 0 rings (SSSR count). The Morgan fingerprint density at radius 2 is 1.68 bits per heavy atom. The largest absolute Gasteiger partial charge is 0.379 e. The van der Waals surface area contributed by atoms with Gasteiger partial charge in [0.05, 0.1) is 12.7 Å². The number of hydrogen-bond acceptors (Lipinski definition) is 3. The number of likely N-dealkylation sites (N-methyl/N-ethyl adjacent to an activating group) is 1. The maximum atomic E-state index is 6.00. The molecule has 132 valence electrons. The average Bonchev–Trinajstić information content (AvgIpc) is 2.49. The molecule has 0 aromatic carbocycles. The summed E-state index contributed by atoms with van der Waals surface area (Å²) in [5.41, 5.74) is 0. The molecule has 0 aromatic heterocycles. The van der Waals surface area contributed by atoms with E-state index in [9.17, 15) is 0 Å². The lowest BCUT2D eigenvalue weighted by atomic mass is 10.2. The highest BCUT2D eigenvalue weighted by atomic mass is 16.5. The van der Waals surface area contributed by atoms with Gasteiger partial charge in [-0.3, -0.25) is 0 Å². The van der Waals surface area contributed by atoms with E-state index in [1.165, 1.54) is 44.9 Å². The van der Waals surface area contributed by atoms with Gasteiger partial charge in [0, 0.05) is 19.8 Å². The summed E-state index contributed by atoms with van der Waals surface area (Å²) < 4.78 is 11.8. The van der Waals surface area contributed by atoms with Crippen LogP contribution in [0.4, 0.5) is 0 Å². The molecular formula is C19H39NO2. The summed E-state index contributed by atoms with van der Waals surface area (Å²) in [4.78, 5) is 2.18. The van der Waals surface area contributed by atoms with E-state index in [0.29, 0.717) is 0 Å². The third-order valence-electron chi connectivity index (χ3n) is 3.62. The van der Waals surface area contributed by atoms with Crippen LogP contribution in [0, 0.1) is 0 Å². The van der Waals surface area contributed by atoms with Crippen molar-refractivity contribution in [1.82, 2.24) is 4.90 Å². The molecule has 0 aliphatic rings. The molecule has 1 unspecified atom stereocenters. The molecule has 0 fully saturated rings. The molecule has 0 saturated heterocycles. The Kier molecular flexibility index (Phi) is 16.7. The summed E-state index contributed by atoms with van der Waals surface area (Å²) >= 11 is 0. The Bertz CT molecular complexity index is 242. The van der Waals surface area contributed by atoms with E-state index in [4.69, 9.17) is 9.47 Å². The molecule has 0 aliphatic carbocycles. The lowest BCUT2D eigenvalue weighted by Crippen LogP contribution is -2.32. The van der Waals surface area contributed by atoms with Crippen LogP contribution in [0.15, 0.2) is 12.2 Å². The third-order valence-corrected chi connectivity index (χ3v) is 3.62. The van der Waals surface area contributed by atoms with Gasteiger partial charge in [-0.25, -0.2) is 0 Å². The smallest absolute Gasteiger partial charge is 0.0934 e. The lowest BCUT2D eigenvalue weighted by molar-refractivity contribution is -0.0287. The summed E-state index contributed by atoms with van der Waals surface area (Å²) in [5.74, 6) is 0. The van der Waals surface area contributed by atoms with Crippen LogP contribution in [-0.4, -0.2) is 51.5 Å². The molecule has 3 heteroatoms. The van der Waals surface area contributed by atoms with E-state index < -0.39 is 0 Å². The fourth-order valence-electron chi connectivity index (χ4n) is 2.36. The standard InChI is InChI=1S/C19H39NO2/c1-5-7-9-11-12-14-16-22-19(17-20(3)4)18-21-15-13-10-8-6-2/h5,7,19H,6,8-18H2,1-4H3. The maximum absolute atomic E-state index is 6.00. The predicted octanol–water partition coefficient (Wildman–Crippen LogP) is 4.67. The van der Waals surface area contributed by atoms with E-state index in [-0.39, 0.29) is 6.10 Å². The minimum Gasteiger partial charge on any atom is -0.379 e. The van der Waals surface area contributed by atoms with Gasteiger partial charge < -0.3 is 14.4 Å². The Balaban J connectivity index is 3.65. The molecule has 0 heterocycles. The molecule has 0 bridgehead atoms. The highest BCUT2D eigenvalue weighted by Crippen LogP contribution is 2.05. The summed E-state index contributed by atoms with van der Waals surface area (Å²) in [6.07, 6.45) is 14.5. The van der Waals surface area contributed by atoms with Crippen LogP contribution in [0.5, 0.6) is 0 Å². The number of allylic oxidation sites excluding steroid dienone is 2. The van der Waals surface area contributed by atoms with Crippen molar-refractivity contribution in [3.63, 3.8) is 0 Å². The van der Waals surface area contributed by atoms with E-state index in [1.807, 2.05) is 0 Å². The second-order valence-electron chi connectivity index (χ2n) is 6.31. The van der Waals surface area contributed by atoms with Crippen LogP contribution in [-0.2, 0) is 9.47 Å². The monoisotopic (exact) mass is 313 g/mol. The van der Waals surface area contributed by atoms with Gasteiger partial charge in [-0.05, 0) is 46.7 Å². The number of nitrogens with zero attached hydrogens (tertiary/aromatic N) is 1. The zero-order valence-electron chi connectivity index (χ0n) is 15.5. The van der Waals surface area contributed by atoms with Gasteiger partial charge in [-0.15, -0.1) is 0 Å². The first-order valence-electron chi connectivity index (χ1n) is 9.15. The molecule has 0 aromatic rings. The second-order valence-corrected chi connectivity index (χ2v) is 6.31. The first-order chi connectivity index (χ1) is 10.7. The van der Waals surface area contributed by atoms with Gasteiger partial charge in [-0.1, -0.05) is 44.8 Å². The molecular weight excluding hydrogens is 274 g/mol. The minimum absolute atomic E-state index is 0.205. The molecule has 22 heavy (non-hydrogen) atoms. The van der Waals surface area contributed by atoms with Crippen molar-refractivity contribution in [2.24, 2.45) is 0 Å². The zero-order valence-corrected chi connectivity index (χ0v) is 15.5. The fraction of sp³-hybridized carbons (Fsp3) is 0.895. The topological polar surface area (TPSA) is 21.7 Å². The highest BCUT2D eigenvalue weighted by Gasteiger charge is 2.10. The van der Waals surface area contributed by atoms with Gasteiger partial charge in [-0.2, -0.15) is 0 Å². The second kappa shape index (κ2) is 17.0. The molecule has 0 radical (unpaired) electrons. The molecule has 0 N–H and O–H groups in total. The summed E-state index contributed by atoms with van der Waals surface area (Å²) in [5, 5.41) is 0. The van der Waals surface area contributed by atoms with Crippen molar-refractivity contribution in [3.05, 3.63) is 12.2 Å². The molecule has 0 saturated carbocycles. The van der Waals surface area contributed by atoms with Crippen molar-refractivity contribution >= 4 is 0 Å². The van der Waals surface area contributed by atoms with Crippen molar-refractivity contribution in [1.29, 1.82) is 0 Å². The van der Waals surface area contributed by atoms with Gasteiger partial charge in [0.15, 0.2) is 0 Å². The minimum atomic E-state index is 0.205. The first kappa shape index (κ1) is 21.6. The third kappa shape index (κ3) is 16.0. The fourth-order valence-corrected chi connectivity index (χ4v) is 2.36.